The van der Waals surface area contributed by atoms with Crippen LogP contribution in [0.4, 0.5) is 0 Å². The summed E-state index contributed by atoms with van der Waals surface area (Å²) in [5, 5.41) is 2.81. The highest BCUT2D eigenvalue weighted by Gasteiger charge is 2.22. The van der Waals surface area contributed by atoms with Gasteiger partial charge in [0, 0.05) is 13.1 Å². The summed E-state index contributed by atoms with van der Waals surface area (Å²) in [7, 11) is 0. The zero-order valence-corrected chi connectivity index (χ0v) is 10.5. The van der Waals surface area contributed by atoms with E-state index < -0.39 is 0 Å². The van der Waals surface area contributed by atoms with Gasteiger partial charge in [-0.2, -0.15) is 0 Å². The first kappa shape index (κ1) is 13.5. The molecule has 0 radical (unpaired) electrons. The number of nitrogens with two attached hydrogens (primary N) is 1. The highest BCUT2D eigenvalue weighted by molar-refractivity contribution is 5.77. The Kier molecular flexibility index (Phi) is 5.77. The Morgan fingerprint density at radius 1 is 1.44 bits per heavy atom. The summed E-state index contributed by atoms with van der Waals surface area (Å²) in [4.78, 5) is 13.7. The van der Waals surface area contributed by atoms with Gasteiger partial charge >= 0.3 is 0 Å². The maximum atomic E-state index is 11.5. The number of carbonyl (C=O) groups excluding carboxylic acids is 1. The zero-order valence-electron chi connectivity index (χ0n) is 10.5. The van der Waals surface area contributed by atoms with Crippen molar-refractivity contribution in [2.24, 2.45) is 17.6 Å². The van der Waals surface area contributed by atoms with Crippen molar-refractivity contribution in [1.82, 2.24) is 10.2 Å². The molecule has 1 fully saturated rings. The van der Waals surface area contributed by atoms with Crippen LogP contribution in [0.5, 0.6) is 0 Å². The number of nitrogens with one attached hydrogen (secondary N) is 1. The van der Waals surface area contributed by atoms with E-state index in [4.69, 9.17) is 5.73 Å². The predicted molar refractivity (Wildman–Crippen MR) is 66.1 cm³/mol. The molecule has 3 N–H and O–H groups in total. The number of likely N-dealkylation sites (tertiary alicyclic amines) is 1. The summed E-state index contributed by atoms with van der Waals surface area (Å²) in [6, 6.07) is 0. The summed E-state index contributed by atoms with van der Waals surface area (Å²) >= 11 is 0. The molecule has 0 aromatic carbocycles. The molecule has 4 heteroatoms. The van der Waals surface area contributed by atoms with E-state index in [1.165, 1.54) is 12.8 Å². The highest BCUT2D eigenvalue weighted by atomic mass is 16.2. The lowest BCUT2D eigenvalue weighted by Gasteiger charge is -2.33. The maximum Gasteiger partial charge on any atom is 0.234 e. The lowest BCUT2D eigenvalue weighted by Crippen LogP contribution is -2.43. The molecule has 1 saturated heterocycles. The van der Waals surface area contributed by atoms with E-state index in [0.29, 0.717) is 19.6 Å². The molecule has 1 aliphatic heterocycles. The highest BCUT2D eigenvalue weighted by Crippen LogP contribution is 2.23. The molecule has 0 spiro atoms. The van der Waals surface area contributed by atoms with Crippen molar-refractivity contribution in [3.05, 3.63) is 0 Å². The molecule has 4 nitrogen and oxygen atoms in total. The van der Waals surface area contributed by atoms with Gasteiger partial charge in [-0.05, 0) is 37.8 Å². The molecule has 1 amide bonds. The van der Waals surface area contributed by atoms with E-state index in [2.05, 4.69) is 24.1 Å². The Morgan fingerprint density at radius 3 is 2.56 bits per heavy atom. The van der Waals surface area contributed by atoms with Crippen LogP contribution in [0.25, 0.3) is 0 Å². The summed E-state index contributed by atoms with van der Waals surface area (Å²) in [6.45, 7) is 8.31. The number of hydrogen-bond acceptors (Lipinski definition) is 3. The second-order valence-corrected chi connectivity index (χ2v) is 5.00. The summed E-state index contributed by atoms with van der Waals surface area (Å²) < 4.78 is 0. The van der Waals surface area contributed by atoms with Crippen molar-refractivity contribution >= 4 is 5.91 Å². The minimum atomic E-state index is 0.105. The Morgan fingerprint density at radius 2 is 2.06 bits per heavy atom. The zero-order chi connectivity index (χ0) is 12.0. The van der Waals surface area contributed by atoms with Gasteiger partial charge in [0.1, 0.15) is 0 Å². The SMILES string of the molecule is CC(C)C1CCN(CC(=O)NCCN)CC1. The van der Waals surface area contributed by atoms with Gasteiger partial charge < -0.3 is 11.1 Å². The Hall–Kier alpha value is -0.610. The molecule has 94 valence electrons. The van der Waals surface area contributed by atoms with E-state index in [1.54, 1.807) is 0 Å². The largest absolute Gasteiger partial charge is 0.354 e. The van der Waals surface area contributed by atoms with Crippen LogP contribution < -0.4 is 11.1 Å². The Balaban J connectivity index is 2.19. The number of nitrogens with zero attached hydrogens (tertiary/aromatic N) is 1. The fourth-order valence-corrected chi connectivity index (χ4v) is 2.25. The van der Waals surface area contributed by atoms with Gasteiger partial charge in [0.25, 0.3) is 0 Å². The molecule has 1 heterocycles. The average molecular weight is 227 g/mol. The summed E-state index contributed by atoms with van der Waals surface area (Å²) in [5.74, 6) is 1.71. The molecular formula is C12H25N3O. The first-order chi connectivity index (χ1) is 7.63. The van der Waals surface area contributed by atoms with Gasteiger partial charge in [0.05, 0.1) is 6.54 Å². The molecule has 1 aliphatic rings. The van der Waals surface area contributed by atoms with Crippen molar-refractivity contribution in [3.63, 3.8) is 0 Å². The van der Waals surface area contributed by atoms with E-state index >= 15 is 0 Å². The second-order valence-electron chi connectivity index (χ2n) is 5.00. The van der Waals surface area contributed by atoms with Crippen LogP contribution in [-0.4, -0.2) is 43.5 Å². The van der Waals surface area contributed by atoms with Crippen LogP contribution in [0.3, 0.4) is 0 Å². The van der Waals surface area contributed by atoms with Crippen LogP contribution >= 0.6 is 0 Å². The molecule has 16 heavy (non-hydrogen) atoms. The van der Waals surface area contributed by atoms with Crippen LogP contribution in [0.1, 0.15) is 26.7 Å². The van der Waals surface area contributed by atoms with Gasteiger partial charge in [-0.15, -0.1) is 0 Å². The fraction of sp³-hybridized carbons (Fsp3) is 0.917. The number of amides is 1. The normalized spacial score (nSPS) is 19.0. The number of carbonyl (C=O) groups is 1. The van der Waals surface area contributed by atoms with Gasteiger partial charge in [-0.25, -0.2) is 0 Å². The fourth-order valence-electron chi connectivity index (χ4n) is 2.25. The molecule has 0 saturated carbocycles. The van der Waals surface area contributed by atoms with E-state index in [0.717, 1.165) is 24.9 Å². The smallest absolute Gasteiger partial charge is 0.234 e. The lowest BCUT2D eigenvalue weighted by molar-refractivity contribution is -0.122. The second kappa shape index (κ2) is 6.86. The topological polar surface area (TPSA) is 58.4 Å². The minimum absolute atomic E-state index is 0.105. The molecular weight excluding hydrogens is 202 g/mol. The average Bonchev–Trinajstić information content (AvgIpc) is 2.27. The molecule has 0 bridgehead atoms. The van der Waals surface area contributed by atoms with Crippen LogP contribution in [0.15, 0.2) is 0 Å². The van der Waals surface area contributed by atoms with E-state index in [9.17, 15) is 4.79 Å². The molecule has 1 rings (SSSR count). The van der Waals surface area contributed by atoms with Crippen molar-refractivity contribution in [2.75, 3.05) is 32.7 Å². The van der Waals surface area contributed by atoms with Gasteiger partial charge in [0.15, 0.2) is 0 Å². The summed E-state index contributed by atoms with van der Waals surface area (Å²) in [5.41, 5.74) is 5.33. The molecule has 0 atom stereocenters. The van der Waals surface area contributed by atoms with Crippen molar-refractivity contribution in [3.8, 4) is 0 Å². The predicted octanol–water partition coefficient (Wildman–Crippen LogP) is 0.429. The number of rotatable bonds is 5. The van der Waals surface area contributed by atoms with Crippen LogP contribution in [0.2, 0.25) is 0 Å². The maximum absolute atomic E-state index is 11.5. The first-order valence-electron chi connectivity index (χ1n) is 6.32. The van der Waals surface area contributed by atoms with Gasteiger partial charge in [-0.3, -0.25) is 9.69 Å². The quantitative estimate of drug-likeness (QED) is 0.716. The van der Waals surface area contributed by atoms with Crippen molar-refractivity contribution in [1.29, 1.82) is 0 Å². The van der Waals surface area contributed by atoms with Crippen LogP contribution in [0, 0.1) is 11.8 Å². The lowest BCUT2D eigenvalue weighted by atomic mass is 9.87. The van der Waals surface area contributed by atoms with Gasteiger partial charge in [0.2, 0.25) is 5.91 Å². The number of piperidine rings is 1. The van der Waals surface area contributed by atoms with Crippen LogP contribution in [-0.2, 0) is 4.79 Å². The third-order valence-corrected chi connectivity index (χ3v) is 3.41. The summed E-state index contributed by atoms with van der Waals surface area (Å²) in [6.07, 6.45) is 2.45. The Labute approximate surface area is 98.6 Å². The molecule has 0 aliphatic carbocycles. The molecule has 0 aromatic heterocycles. The third-order valence-electron chi connectivity index (χ3n) is 3.41. The first-order valence-corrected chi connectivity index (χ1v) is 6.32. The van der Waals surface area contributed by atoms with Crippen molar-refractivity contribution in [2.45, 2.75) is 26.7 Å². The molecule has 0 aromatic rings. The third kappa shape index (κ3) is 4.49. The van der Waals surface area contributed by atoms with E-state index in [1.807, 2.05) is 0 Å². The van der Waals surface area contributed by atoms with Crippen molar-refractivity contribution < 1.29 is 4.79 Å². The number of hydrogen-bond donors (Lipinski definition) is 2. The van der Waals surface area contributed by atoms with E-state index in [-0.39, 0.29) is 5.91 Å². The molecule has 0 unspecified atom stereocenters. The minimum Gasteiger partial charge on any atom is -0.354 e. The standard InChI is InChI=1S/C12H25N3O/c1-10(2)11-3-7-15(8-4-11)9-12(16)14-6-5-13/h10-11H,3-9,13H2,1-2H3,(H,14,16). The Bertz CT molecular complexity index is 210. The monoisotopic (exact) mass is 227 g/mol. The van der Waals surface area contributed by atoms with Gasteiger partial charge in [-0.1, -0.05) is 13.8 Å².